The van der Waals surface area contributed by atoms with Gasteiger partial charge < -0.3 is 14.2 Å². The van der Waals surface area contributed by atoms with Crippen LogP contribution in [0.1, 0.15) is 10.6 Å². The average Bonchev–Trinajstić information content (AvgIpc) is 3.30. The van der Waals surface area contributed by atoms with Gasteiger partial charge in [0, 0.05) is 31.1 Å². The van der Waals surface area contributed by atoms with Gasteiger partial charge in [0.15, 0.2) is 10.9 Å². The van der Waals surface area contributed by atoms with Crippen LogP contribution < -0.4 is 4.90 Å². The molecule has 0 radical (unpaired) electrons. The number of piperazine rings is 1. The van der Waals surface area contributed by atoms with E-state index in [0.29, 0.717) is 18.8 Å². The van der Waals surface area contributed by atoms with E-state index in [1.54, 1.807) is 35.2 Å². The molecule has 0 aliphatic carbocycles. The maximum absolute atomic E-state index is 12.3. The number of furan rings is 1. The number of aromatic nitrogens is 1. The average molecular weight is 359 g/mol. The van der Waals surface area contributed by atoms with Crippen molar-refractivity contribution in [3.63, 3.8) is 0 Å². The molecular formula is C17H17N3O2S2. The molecule has 0 bridgehead atoms. The van der Waals surface area contributed by atoms with E-state index in [2.05, 4.69) is 29.4 Å². The smallest absolute Gasteiger partial charge is 0.289 e. The third kappa shape index (κ3) is 2.89. The van der Waals surface area contributed by atoms with Crippen molar-refractivity contribution >= 4 is 44.4 Å². The number of benzene rings is 1. The van der Waals surface area contributed by atoms with Crippen molar-refractivity contribution < 1.29 is 9.21 Å². The highest BCUT2D eigenvalue weighted by molar-refractivity contribution is 7.98. The first-order chi connectivity index (χ1) is 11.7. The maximum Gasteiger partial charge on any atom is 0.289 e. The molecule has 124 valence electrons. The van der Waals surface area contributed by atoms with Crippen LogP contribution in [0.4, 0.5) is 5.13 Å². The van der Waals surface area contributed by atoms with Gasteiger partial charge in [0.1, 0.15) is 0 Å². The minimum absolute atomic E-state index is 0.0337. The quantitative estimate of drug-likeness (QED) is 0.669. The number of amides is 1. The normalized spacial score (nSPS) is 15.2. The van der Waals surface area contributed by atoms with Gasteiger partial charge in [-0.1, -0.05) is 11.3 Å². The van der Waals surface area contributed by atoms with Gasteiger partial charge in [0.2, 0.25) is 0 Å². The Hall–Kier alpha value is -1.99. The molecule has 1 aliphatic rings. The molecule has 0 spiro atoms. The van der Waals surface area contributed by atoms with Gasteiger partial charge in [-0.15, -0.1) is 11.8 Å². The van der Waals surface area contributed by atoms with Crippen LogP contribution >= 0.6 is 23.1 Å². The van der Waals surface area contributed by atoms with Gasteiger partial charge in [-0.2, -0.15) is 0 Å². The fraction of sp³-hybridized carbons (Fsp3) is 0.294. The molecule has 5 nitrogen and oxygen atoms in total. The topological polar surface area (TPSA) is 49.6 Å². The lowest BCUT2D eigenvalue weighted by Crippen LogP contribution is -2.48. The highest BCUT2D eigenvalue weighted by atomic mass is 32.2. The largest absolute Gasteiger partial charge is 0.459 e. The Kier molecular flexibility index (Phi) is 4.20. The van der Waals surface area contributed by atoms with Crippen molar-refractivity contribution in [3.8, 4) is 0 Å². The molecule has 3 heterocycles. The first kappa shape index (κ1) is 15.5. The van der Waals surface area contributed by atoms with E-state index < -0.39 is 0 Å². The van der Waals surface area contributed by atoms with Gasteiger partial charge in [-0.3, -0.25) is 4.79 Å². The molecule has 7 heteroatoms. The maximum atomic E-state index is 12.3. The summed E-state index contributed by atoms with van der Waals surface area (Å²) in [5.74, 6) is 0.376. The number of fused-ring (bicyclic) bond motifs is 1. The second kappa shape index (κ2) is 6.49. The summed E-state index contributed by atoms with van der Waals surface area (Å²) in [5.41, 5.74) is 1.04. The summed E-state index contributed by atoms with van der Waals surface area (Å²) in [7, 11) is 0. The first-order valence-electron chi connectivity index (χ1n) is 7.77. The molecule has 1 amide bonds. The molecular weight excluding hydrogens is 342 g/mol. The highest BCUT2D eigenvalue weighted by Gasteiger charge is 2.25. The summed E-state index contributed by atoms with van der Waals surface area (Å²) >= 11 is 3.46. The summed E-state index contributed by atoms with van der Waals surface area (Å²) in [5, 5.41) is 1.04. The highest BCUT2D eigenvalue weighted by Crippen LogP contribution is 2.32. The minimum Gasteiger partial charge on any atom is -0.459 e. The van der Waals surface area contributed by atoms with E-state index in [9.17, 15) is 4.79 Å². The molecule has 24 heavy (non-hydrogen) atoms. The van der Waals surface area contributed by atoms with Crippen LogP contribution in [-0.4, -0.2) is 48.2 Å². The summed E-state index contributed by atoms with van der Waals surface area (Å²) in [4.78, 5) is 22.4. The Morgan fingerprint density at radius 1 is 1.25 bits per heavy atom. The third-order valence-corrected chi connectivity index (χ3v) is 5.96. The Labute approximate surface area is 148 Å². The molecule has 1 saturated heterocycles. The molecule has 3 aromatic rings. The van der Waals surface area contributed by atoms with Gasteiger partial charge in [0.25, 0.3) is 5.91 Å². The predicted molar refractivity (Wildman–Crippen MR) is 98.2 cm³/mol. The van der Waals surface area contributed by atoms with Crippen LogP contribution in [0.3, 0.4) is 0 Å². The number of anilines is 1. The van der Waals surface area contributed by atoms with E-state index >= 15 is 0 Å². The number of thiazole rings is 1. The van der Waals surface area contributed by atoms with Crippen molar-refractivity contribution in [1.82, 2.24) is 9.88 Å². The monoisotopic (exact) mass is 359 g/mol. The van der Waals surface area contributed by atoms with Gasteiger partial charge in [0.05, 0.1) is 16.5 Å². The summed E-state index contributed by atoms with van der Waals surface area (Å²) in [6.07, 6.45) is 3.62. The Bertz CT molecular complexity index is 852. The molecule has 0 atom stereocenters. The Morgan fingerprint density at radius 2 is 2.08 bits per heavy atom. The van der Waals surface area contributed by atoms with Crippen molar-refractivity contribution in [3.05, 3.63) is 42.4 Å². The van der Waals surface area contributed by atoms with Crippen LogP contribution in [0.2, 0.25) is 0 Å². The number of rotatable bonds is 3. The van der Waals surface area contributed by atoms with E-state index in [4.69, 9.17) is 9.40 Å². The molecule has 1 aliphatic heterocycles. The zero-order valence-electron chi connectivity index (χ0n) is 13.3. The first-order valence-corrected chi connectivity index (χ1v) is 9.81. The second-order valence-corrected chi connectivity index (χ2v) is 7.48. The predicted octanol–water partition coefficient (Wildman–Crippen LogP) is 3.57. The SMILES string of the molecule is CSc1ccc2nc(N3CCN(C(=O)c4ccco4)CC3)sc2c1. The number of nitrogens with zero attached hydrogens (tertiary/aromatic N) is 3. The van der Waals surface area contributed by atoms with Crippen LogP contribution in [0.15, 0.2) is 45.9 Å². The van der Waals surface area contributed by atoms with Gasteiger partial charge in [-0.05, 0) is 36.6 Å². The number of hydrogen-bond donors (Lipinski definition) is 0. The third-order valence-electron chi connectivity index (χ3n) is 4.15. The minimum atomic E-state index is -0.0337. The van der Waals surface area contributed by atoms with Crippen molar-refractivity contribution in [2.45, 2.75) is 4.90 Å². The lowest BCUT2D eigenvalue weighted by atomic mass is 10.3. The number of carbonyl (C=O) groups is 1. The molecule has 0 saturated carbocycles. The summed E-state index contributed by atoms with van der Waals surface area (Å²) < 4.78 is 6.42. The van der Waals surface area contributed by atoms with Crippen molar-refractivity contribution in [2.75, 3.05) is 37.3 Å². The van der Waals surface area contributed by atoms with Crippen LogP contribution in [0.25, 0.3) is 10.2 Å². The van der Waals surface area contributed by atoms with Crippen LogP contribution in [0, 0.1) is 0 Å². The number of hydrogen-bond acceptors (Lipinski definition) is 6. The Balaban J connectivity index is 1.46. The molecule has 4 rings (SSSR count). The standard InChI is InChI=1S/C17H17N3O2S2/c1-23-12-4-5-13-15(11-12)24-17(18-13)20-8-6-19(7-9-20)16(21)14-3-2-10-22-14/h2-5,10-11H,6-9H2,1H3. The molecule has 0 N–H and O–H groups in total. The van der Waals surface area contributed by atoms with E-state index in [0.717, 1.165) is 23.7 Å². The van der Waals surface area contributed by atoms with Crippen LogP contribution in [-0.2, 0) is 0 Å². The molecule has 1 fully saturated rings. The van der Waals surface area contributed by atoms with E-state index in [-0.39, 0.29) is 5.91 Å². The Morgan fingerprint density at radius 3 is 2.79 bits per heavy atom. The zero-order chi connectivity index (χ0) is 16.5. The fourth-order valence-electron chi connectivity index (χ4n) is 2.81. The molecule has 2 aromatic heterocycles. The van der Waals surface area contributed by atoms with Gasteiger partial charge in [-0.25, -0.2) is 4.98 Å². The summed E-state index contributed by atoms with van der Waals surface area (Å²) in [6, 6.07) is 9.84. The lowest BCUT2D eigenvalue weighted by Gasteiger charge is -2.34. The van der Waals surface area contributed by atoms with E-state index in [1.807, 2.05) is 4.90 Å². The lowest BCUT2D eigenvalue weighted by molar-refractivity contribution is 0.0714. The van der Waals surface area contributed by atoms with Gasteiger partial charge >= 0.3 is 0 Å². The van der Waals surface area contributed by atoms with Crippen molar-refractivity contribution in [1.29, 1.82) is 0 Å². The van der Waals surface area contributed by atoms with E-state index in [1.165, 1.54) is 15.9 Å². The fourth-order valence-corrected chi connectivity index (χ4v) is 4.38. The number of carbonyl (C=O) groups excluding carboxylic acids is 1. The summed E-state index contributed by atoms with van der Waals surface area (Å²) in [6.45, 7) is 2.96. The van der Waals surface area contributed by atoms with Crippen molar-refractivity contribution in [2.24, 2.45) is 0 Å². The zero-order valence-corrected chi connectivity index (χ0v) is 14.9. The molecule has 0 unspecified atom stereocenters. The molecule has 1 aromatic carbocycles. The number of thioether (sulfide) groups is 1. The second-order valence-electron chi connectivity index (χ2n) is 5.59. The van der Waals surface area contributed by atoms with Crippen LogP contribution in [0.5, 0.6) is 0 Å².